The van der Waals surface area contributed by atoms with Gasteiger partial charge in [-0.05, 0) is 25.0 Å². The largest absolute Gasteiger partial charge is 0.382 e. The van der Waals surface area contributed by atoms with Gasteiger partial charge in [-0.3, -0.25) is 0 Å². The number of hydrogen-bond donors (Lipinski definition) is 1. The van der Waals surface area contributed by atoms with Gasteiger partial charge in [-0.2, -0.15) is 0 Å². The molecule has 0 saturated heterocycles. The highest BCUT2D eigenvalue weighted by molar-refractivity contribution is 5.58. The maximum atomic E-state index is 3.50. The number of benzene rings is 1. The molecule has 0 fully saturated rings. The van der Waals surface area contributed by atoms with Crippen LogP contribution in [0.4, 0.5) is 5.69 Å². The van der Waals surface area contributed by atoms with Crippen molar-refractivity contribution in [3.8, 4) is 0 Å². The van der Waals surface area contributed by atoms with Crippen molar-refractivity contribution in [1.29, 1.82) is 0 Å². The van der Waals surface area contributed by atoms with Crippen molar-refractivity contribution in [2.75, 3.05) is 5.32 Å². The van der Waals surface area contributed by atoms with Crippen LogP contribution in [0.5, 0.6) is 0 Å². The Hall–Kier alpha value is -0.980. The Kier molecular flexibility index (Phi) is 1.80. The Morgan fingerprint density at radius 2 is 2.08 bits per heavy atom. The molecule has 12 heavy (non-hydrogen) atoms. The Labute approximate surface area is 73.8 Å². The van der Waals surface area contributed by atoms with E-state index in [9.17, 15) is 0 Å². The van der Waals surface area contributed by atoms with Crippen LogP contribution in [-0.4, -0.2) is 6.04 Å². The lowest BCUT2D eigenvalue weighted by Gasteiger charge is -2.12. The summed E-state index contributed by atoms with van der Waals surface area (Å²) in [6.07, 6.45) is 1.23. The summed E-state index contributed by atoms with van der Waals surface area (Å²) < 4.78 is 0. The third kappa shape index (κ3) is 1.01. The van der Waals surface area contributed by atoms with Crippen molar-refractivity contribution < 1.29 is 0 Å². The van der Waals surface area contributed by atoms with Gasteiger partial charge in [0, 0.05) is 17.6 Å². The summed E-state index contributed by atoms with van der Waals surface area (Å²) in [6, 6.07) is 9.23. The molecule has 0 spiro atoms. The standard InChI is InChI=1S/C11H15N/c1-3-9-8(2)12-11-7-5-4-6-10(9)11/h4-9,12H,3H2,1-2H3/t8-,9+/m0/s1. The first-order chi connectivity index (χ1) is 5.83. The molecule has 1 heteroatoms. The van der Waals surface area contributed by atoms with Crippen LogP contribution in [0, 0.1) is 0 Å². The molecule has 0 radical (unpaired) electrons. The van der Waals surface area contributed by atoms with Crippen LogP contribution in [0.1, 0.15) is 31.7 Å². The minimum absolute atomic E-state index is 0.604. The molecule has 2 rings (SSSR count). The Morgan fingerprint density at radius 3 is 2.83 bits per heavy atom. The smallest absolute Gasteiger partial charge is 0.0378 e. The predicted molar refractivity (Wildman–Crippen MR) is 52.6 cm³/mol. The predicted octanol–water partition coefficient (Wildman–Crippen LogP) is 2.99. The zero-order chi connectivity index (χ0) is 8.55. The van der Waals surface area contributed by atoms with Gasteiger partial charge in [0.2, 0.25) is 0 Å². The first-order valence-corrected chi connectivity index (χ1v) is 4.68. The number of hydrogen-bond acceptors (Lipinski definition) is 1. The van der Waals surface area contributed by atoms with E-state index in [4.69, 9.17) is 0 Å². The number of rotatable bonds is 1. The third-order valence-corrected chi connectivity index (χ3v) is 2.79. The van der Waals surface area contributed by atoms with Crippen LogP contribution < -0.4 is 5.32 Å². The van der Waals surface area contributed by atoms with E-state index in [2.05, 4.69) is 43.4 Å². The molecule has 1 aliphatic heterocycles. The molecule has 1 aromatic rings. The first kappa shape index (κ1) is 7.66. The van der Waals surface area contributed by atoms with Crippen LogP contribution in [0.2, 0.25) is 0 Å². The van der Waals surface area contributed by atoms with Gasteiger partial charge in [0.05, 0.1) is 0 Å². The highest BCUT2D eigenvalue weighted by Gasteiger charge is 2.26. The normalized spacial score (nSPS) is 26.5. The maximum Gasteiger partial charge on any atom is 0.0378 e. The van der Waals surface area contributed by atoms with Gasteiger partial charge >= 0.3 is 0 Å². The summed E-state index contributed by atoms with van der Waals surface area (Å²) in [7, 11) is 0. The lowest BCUT2D eigenvalue weighted by molar-refractivity contribution is 0.613. The Balaban J connectivity index is 2.40. The SMILES string of the molecule is CC[C@H]1c2ccccc2N[C@H]1C. The number of nitrogens with one attached hydrogen (secondary N) is 1. The number of anilines is 1. The first-order valence-electron chi connectivity index (χ1n) is 4.68. The van der Waals surface area contributed by atoms with Gasteiger partial charge in [0.1, 0.15) is 0 Å². The van der Waals surface area contributed by atoms with Crippen LogP contribution in [-0.2, 0) is 0 Å². The summed E-state index contributed by atoms with van der Waals surface area (Å²) in [4.78, 5) is 0. The molecule has 0 unspecified atom stereocenters. The van der Waals surface area contributed by atoms with Crippen molar-refractivity contribution in [3.05, 3.63) is 29.8 Å². The zero-order valence-corrected chi connectivity index (χ0v) is 7.67. The molecule has 0 aromatic heterocycles. The van der Waals surface area contributed by atoms with Crippen molar-refractivity contribution in [1.82, 2.24) is 0 Å². The quantitative estimate of drug-likeness (QED) is 0.667. The van der Waals surface area contributed by atoms with Crippen LogP contribution >= 0.6 is 0 Å². The molecule has 2 atom stereocenters. The number of fused-ring (bicyclic) bond motifs is 1. The average Bonchev–Trinajstić information content (AvgIpc) is 2.40. The molecule has 1 heterocycles. The Morgan fingerprint density at radius 1 is 1.33 bits per heavy atom. The fraction of sp³-hybridized carbons (Fsp3) is 0.455. The summed E-state index contributed by atoms with van der Waals surface area (Å²) >= 11 is 0. The highest BCUT2D eigenvalue weighted by Crippen LogP contribution is 2.37. The van der Waals surface area contributed by atoms with Gasteiger partial charge in [-0.25, -0.2) is 0 Å². The molecule has 64 valence electrons. The molecule has 1 aromatic carbocycles. The summed E-state index contributed by atoms with van der Waals surface area (Å²) in [5, 5.41) is 3.50. The molecule has 0 amide bonds. The molecule has 0 aliphatic carbocycles. The third-order valence-electron chi connectivity index (χ3n) is 2.79. The molecule has 1 N–H and O–H groups in total. The van der Waals surface area contributed by atoms with Crippen LogP contribution in [0.15, 0.2) is 24.3 Å². The second-order valence-electron chi connectivity index (χ2n) is 3.54. The zero-order valence-electron chi connectivity index (χ0n) is 7.67. The maximum absolute atomic E-state index is 3.50. The highest BCUT2D eigenvalue weighted by atomic mass is 15.0. The number of para-hydroxylation sites is 1. The fourth-order valence-electron chi connectivity index (χ4n) is 2.14. The van der Waals surface area contributed by atoms with Gasteiger partial charge < -0.3 is 5.32 Å². The van der Waals surface area contributed by atoms with E-state index < -0.39 is 0 Å². The fourth-order valence-corrected chi connectivity index (χ4v) is 2.14. The second kappa shape index (κ2) is 2.81. The van der Waals surface area contributed by atoms with Gasteiger partial charge in [-0.1, -0.05) is 25.1 Å². The van der Waals surface area contributed by atoms with Crippen LogP contribution in [0.25, 0.3) is 0 Å². The van der Waals surface area contributed by atoms with E-state index in [1.165, 1.54) is 17.7 Å². The topological polar surface area (TPSA) is 12.0 Å². The van der Waals surface area contributed by atoms with E-state index in [1.807, 2.05) is 0 Å². The minimum Gasteiger partial charge on any atom is -0.382 e. The van der Waals surface area contributed by atoms with Crippen LogP contribution in [0.3, 0.4) is 0 Å². The monoisotopic (exact) mass is 161 g/mol. The molecular weight excluding hydrogens is 146 g/mol. The summed E-state index contributed by atoms with van der Waals surface area (Å²) in [6.45, 7) is 4.51. The molecule has 0 bridgehead atoms. The van der Waals surface area contributed by atoms with Crippen molar-refractivity contribution >= 4 is 5.69 Å². The van der Waals surface area contributed by atoms with E-state index in [0.29, 0.717) is 12.0 Å². The van der Waals surface area contributed by atoms with E-state index in [0.717, 1.165) is 0 Å². The minimum atomic E-state index is 0.604. The van der Waals surface area contributed by atoms with Gasteiger partial charge in [-0.15, -0.1) is 0 Å². The lowest BCUT2D eigenvalue weighted by atomic mass is 9.94. The van der Waals surface area contributed by atoms with Gasteiger partial charge in [0.15, 0.2) is 0 Å². The Bertz CT molecular complexity index is 280. The molecule has 1 aliphatic rings. The molecule has 1 nitrogen and oxygen atoms in total. The van der Waals surface area contributed by atoms with Gasteiger partial charge in [0.25, 0.3) is 0 Å². The molecular formula is C11H15N. The average molecular weight is 161 g/mol. The van der Waals surface area contributed by atoms with E-state index in [1.54, 1.807) is 0 Å². The van der Waals surface area contributed by atoms with E-state index >= 15 is 0 Å². The van der Waals surface area contributed by atoms with Crippen molar-refractivity contribution in [3.63, 3.8) is 0 Å². The van der Waals surface area contributed by atoms with Crippen molar-refractivity contribution in [2.45, 2.75) is 32.2 Å². The van der Waals surface area contributed by atoms with Crippen molar-refractivity contribution in [2.24, 2.45) is 0 Å². The lowest BCUT2D eigenvalue weighted by Crippen LogP contribution is -2.14. The summed E-state index contributed by atoms with van der Waals surface area (Å²) in [5.41, 5.74) is 2.82. The molecule has 0 saturated carbocycles. The summed E-state index contributed by atoms with van der Waals surface area (Å²) in [5.74, 6) is 0.709. The van der Waals surface area contributed by atoms with E-state index in [-0.39, 0.29) is 0 Å². The second-order valence-corrected chi connectivity index (χ2v) is 3.54.